The van der Waals surface area contributed by atoms with Gasteiger partial charge in [-0.25, -0.2) is 0 Å². The molecule has 1 amide bonds. The molecular formula is C13H18F3N3OS. The fourth-order valence-corrected chi connectivity index (χ4v) is 1.73. The number of anilines is 1. The predicted molar refractivity (Wildman–Crippen MR) is 79.2 cm³/mol. The average Bonchev–Trinajstić information content (AvgIpc) is 2.43. The number of alkyl halides is 3. The molecule has 0 atom stereocenters. The van der Waals surface area contributed by atoms with Crippen molar-refractivity contribution < 1.29 is 18.0 Å². The smallest absolute Gasteiger partial charge is 0.351 e. The molecule has 1 rings (SSSR count). The fourth-order valence-electron chi connectivity index (χ4n) is 1.51. The van der Waals surface area contributed by atoms with E-state index < -0.39 is 17.6 Å². The second-order valence-electron chi connectivity index (χ2n) is 5.05. The maximum absolute atomic E-state index is 12.9. The van der Waals surface area contributed by atoms with Gasteiger partial charge < -0.3 is 10.7 Å². The number of nitrogens with one attached hydrogen (secondary N) is 2. The van der Waals surface area contributed by atoms with Crippen LogP contribution in [0.25, 0.3) is 0 Å². The van der Waals surface area contributed by atoms with Gasteiger partial charge in [0.1, 0.15) is 0 Å². The third-order valence-electron chi connectivity index (χ3n) is 2.97. The Morgan fingerprint density at radius 3 is 2.43 bits per heavy atom. The number of nitrogens with two attached hydrogens (primary N) is 1. The summed E-state index contributed by atoms with van der Waals surface area (Å²) >= 11 is 1.56. The molecule has 0 radical (unpaired) electrons. The number of hydrazine groups is 1. The molecule has 4 N–H and O–H groups in total. The van der Waals surface area contributed by atoms with E-state index in [1.165, 1.54) is 6.07 Å². The lowest BCUT2D eigenvalue weighted by Crippen LogP contribution is -2.36. The molecular weight excluding hydrogens is 303 g/mol. The summed E-state index contributed by atoms with van der Waals surface area (Å²) in [5.41, 5.74) is 0.676. The Balaban J connectivity index is 2.96. The van der Waals surface area contributed by atoms with Gasteiger partial charge in [0.25, 0.3) is 5.91 Å². The normalized spacial score (nSPS) is 12.1. The quantitative estimate of drug-likeness (QED) is 0.576. The number of carbonyl (C=O) groups excluding carboxylic acids is 1. The SMILES string of the molecule is CSC(C)(C)CNC(=O)c1ccc(NN)c(C(F)(F)F)c1. The lowest BCUT2D eigenvalue weighted by molar-refractivity contribution is -0.137. The lowest BCUT2D eigenvalue weighted by atomic mass is 10.1. The van der Waals surface area contributed by atoms with E-state index in [1.54, 1.807) is 11.8 Å². The fraction of sp³-hybridized carbons (Fsp3) is 0.462. The molecule has 0 spiro atoms. The number of amides is 1. The van der Waals surface area contributed by atoms with Crippen LogP contribution in [-0.2, 0) is 6.18 Å². The second kappa shape index (κ2) is 6.57. The van der Waals surface area contributed by atoms with Crippen LogP contribution in [-0.4, -0.2) is 23.5 Å². The van der Waals surface area contributed by atoms with Crippen LogP contribution in [0.5, 0.6) is 0 Å². The van der Waals surface area contributed by atoms with Gasteiger partial charge in [-0.15, -0.1) is 0 Å². The molecule has 0 aliphatic heterocycles. The molecule has 0 saturated heterocycles. The standard InChI is InChI=1S/C13H18F3N3OS/c1-12(2,21-3)7-18-11(20)8-4-5-10(19-17)9(6-8)13(14,15)16/h4-6,19H,7,17H2,1-3H3,(H,18,20). The number of benzene rings is 1. The molecule has 0 fully saturated rings. The summed E-state index contributed by atoms with van der Waals surface area (Å²) in [5.74, 6) is 4.50. The number of halogens is 3. The first-order valence-electron chi connectivity index (χ1n) is 6.12. The number of nitrogen functional groups attached to an aromatic ring is 1. The Hall–Kier alpha value is -1.41. The molecule has 21 heavy (non-hydrogen) atoms. The van der Waals surface area contributed by atoms with Crippen molar-refractivity contribution >= 4 is 23.4 Å². The van der Waals surface area contributed by atoms with Gasteiger partial charge >= 0.3 is 6.18 Å². The van der Waals surface area contributed by atoms with Gasteiger partial charge in [0.15, 0.2) is 0 Å². The summed E-state index contributed by atoms with van der Waals surface area (Å²) < 4.78 is 38.4. The van der Waals surface area contributed by atoms with Crippen molar-refractivity contribution in [2.45, 2.75) is 24.8 Å². The number of hydrogen-bond donors (Lipinski definition) is 3. The monoisotopic (exact) mass is 321 g/mol. The summed E-state index contributed by atoms with van der Waals surface area (Å²) in [4.78, 5) is 11.9. The van der Waals surface area contributed by atoms with Crippen LogP contribution < -0.4 is 16.6 Å². The molecule has 8 heteroatoms. The molecule has 0 aliphatic rings. The van der Waals surface area contributed by atoms with E-state index in [9.17, 15) is 18.0 Å². The molecule has 0 bridgehead atoms. The van der Waals surface area contributed by atoms with Gasteiger partial charge in [0.05, 0.1) is 11.3 Å². The highest BCUT2D eigenvalue weighted by Crippen LogP contribution is 2.35. The van der Waals surface area contributed by atoms with E-state index in [2.05, 4.69) is 5.32 Å². The predicted octanol–water partition coefficient (Wildman–Crippen LogP) is 2.86. The van der Waals surface area contributed by atoms with Crippen molar-refractivity contribution in [2.24, 2.45) is 5.84 Å². The maximum atomic E-state index is 12.9. The van der Waals surface area contributed by atoms with Crippen LogP contribution in [0, 0.1) is 0 Å². The summed E-state index contributed by atoms with van der Waals surface area (Å²) in [5, 5.41) is 2.63. The number of carbonyl (C=O) groups is 1. The molecule has 0 saturated carbocycles. The highest BCUT2D eigenvalue weighted by Gasteiger charge is 2.34. The van der Waals surface area contributed by atoms with E-state index in [-0.39, 0.29) is 16.0 Å². The van der Waals surface area contributed by atoms with Crippen LogP contribution in [0.4, 0.5) is 18.9 Å². The largest absolute Gasteiger partial charge is 0.418 e. The molecule has 0 aromatic heterocycles. The Morgan fingerprint density at radius 1 is 1.33 bits per heavy atom. The lowest BCUT2D eigenvalue weighted by Gasteiger charge is -2.22. The molecule has 1 aromatic rings. The number of rotatable bonds is 5. The van der Waals surface area contributed by atoms with Gasteiger partial charge in [-0.3, -0.25) is 10.6 Å². The molecule has 0 aliphatic carbocycles. The zero-order chi connectivity index (χ0) is 16.3. The Bertz CT molecular complexity index is 518. The van der Waals surface area contributed by atoms with E-state index in [0.29, 0.717) is 6.54 Å². The molecule has 1 aromatic carbocycles. The average molecular weight is 321 g/mol. The van der Waals surface area contributed by atoms with Crippen molar-refractivity contribution in [1.29, 1.82) is 0 Å². The zero-order valence-electron chi connectivity index (χ0n) is 12.0. The van der Waals surface area contributed by atoms with E-state index >= 15 is 0 Å². The molecule has 118 valence electrons. The van der Waals surface area contributed by atoms with Crippen molar-refractivity contribution in [3.05, 3.63) is 29.3 Å². The Labute approximate surface area is 125 Å². The summed E-state index contributed by atoms with van der Waals surface area (Å²) in [6.07, 6.45) is -2.69. The van der Waals surface area contributed by atoms with E-state index in [1.807, 2.05) is 25.5 Å². The third kappa shape index (κ3) is 4.82. The number of hydrogen-bond acceptors (Lipinski definition) is 4. The second-order valence-corrected chi connectivity index (χ2v) is 6.56. The topological polar surface area (TPSA) is 67.2 Å². The third-order valence-corrected chi connectivity index (χ3v) is 4.22. The van der Waals surface area contributed by atoms with Crippen molar-refractivity contribution in [1.82, 2.24) is 5.32 Å². The van der Waals surface area contributed by atoms with E-state index in [4.69, 9.17) is 5.84 Å². The minimum Gasteiger partial charge on any atom is -0.351 e. The summed E-state index contributed by atoms with van der Waals surface area (Å²) in [7, 11) is 0. The van der Waals surface area contributed by atoms with Crippen molar-refractivity contribution in [2.75, 3.05) is 18.2 Å². The van der Waals surface area contributed by atoms with Crippen LogP contribution in [0.2, 0.25) is 0 Å². The Kier molecular flexibility index (Phi) is 5.52. The minimum absolute atomic E-state index is 0.0572. The minimum atomic E-state index is -4.59. The van der Waals surface area contributed by atoms with Gasteiger partial charge in [-0.2, -0.15) is 24.9 Å². The first-order valence-corrected chi connectivity index (χ1v) is 7.34. The first kappa shape index (κ1) is 17.6. The highest BCUT2D eigenvalue weighted by molar-refractivity contribution is 7.99. The van der Waals surface area contributed by atoms with Gasteiger partial charge in [-0.05, 0) is 38.3 Å². The van der Waals surface area contributed by atoms with Crippen LogP contribution in [0.15, 0.2) is 18.2 Å². The van der Waals surface area contributed by atoms with Crippen LogP contribution in [0.3, 0.4) is 0 Å². The molecule has 0 unspecified atom stereocenters. The molecule has 0 heterocycles. The van der Waals surface area contributed by atoms with Crippen molar-refractivity contribution in [3.8, 4) is 0 Å². The Morgan fingerprint density at radius 2 is 1.95 bits per heavy atom. The maximum Gasteiger partial charge on any atom is 0.418 e. The van der Waals surface area contributed by atoms with Crippen LogP contribution >= 0.6 is 11.8 Å². The van der Waals surface area contributed by atoms with Crippen molar-refractivity contribution in [3.63, 3.8) is 0 Å². The molecule has 4 nitrogen and oxygen atoms in total. The zero-order valence-corrected chi connectivity index (χ0v) is 12.8. The first-order chi connectivity index (χ1) is 9.60. The van der Waals surface area contributed by atoms with E-state index in [0.717, 1.165) is 12.1 Å². The van der Waals surface area contributed by atoms with Gasteiger partial charge in [-0.1, -0.05) is 0 Å². The van der Waals surface area contributed by atoms with Crippen LogP contribution in [0.1, 0.15) is 29.8 Å². The van der Waals surface area contributed by atoms with Gasteiger partial charge in [0, 0.05) is 16.9 Å². The summed E-state index contributed by atoms with van der Waals surface area (Å²) in [6.45, 7) is 4.21. The number of thioether (sulfide) groups is 1. The van der Waals surface area contributed by atoms with Gasteiger partial charge in [0.2, 0.25) is 0 Å². The highest BCUT2D eigenvalue weighted by atomic mass is 32.2. The summed E-state index contributed by atoms with van der Waals surface area (Å²) in [6, 6.07) is 3.22.